The van der Waals surface area contributed by atoms with Gasteiger partial charge in [-0.05, 0) is 66.2 Å². The Morgan fingerprint density at radius 1 is 0.433 bits per heavy atom. The Morgan fingerprint density at radius 2 is 0.850 bits per heavy atom. The molecule has 0 aliphatic rings. The van der Waals surface area contributed by atoms with E-state index in [9.17, 15) is 31.6 Å². The zero-order valence-electron chi connectivity index (χ0n) is 30.8. The Labute approximate surface area is 336 Å². The van der Waals surface area contributed by atoms with E-state index in [1.165, 1.54) is 12.1 Å². The normalized spacial score (nSPS) is 12.2. The standard InChI is InChI=1S/C47H25F6N7/c48-46(49,50)35-10-5-11-36(47(51,52)53)43(35)29-24-41(59-37-12-3-1-8-30(37)32-16-14-27(22-39(32)59)44-55-18-6-19-56-44)34(26-54)42(25-29)60-38-13-4-2-9-31(38)33-17-15-28(23-40(33)60)45-57-20-7-21-58-45/h1-25H. The van der Waals surface area contributed by atoms with Crippen LogP contribution in [0.3, 0.4) is 0 Å². The van der Waals surface area contributed by atoms with E-state index in [-0.39, 0.29) is 16.9 Å². The first-order valence-corrected chi connectivity index (χ1v) is 18.5. The van der Waals surface area contributed by atoms with Crippen LogP contribution in [-0.4, -0.2) is 29.1 Å². The minimum absolute atomic E-state index is 0.00941. The number of alkyl halides is 6. The molecule has 4 aromatic heterocycles. The highest BCUT2D eigenvalue weighted by atomic mass is 19.4. The van der Waals surface area contributed by atoms with E-state index < -0.39 is 34.6 Å². The van der Waals surface area contributed by atoms with Gasteiger partial charge in [-0.15, -0.1) is 0 Å². The topological polar surface area (TPSA) is 85.2 Å². The highest BCUT2D eigenvalue weighted by Gasteiger charge is 2.41. The van der Waals surface area contributed by atoms with Crippen molar-refractivity contribution in [1.29, 1.82) is 5.26 Å². The predicted molar refractivity (Wildman–Crippen MR) is 217 cm³/mol. The number of fused-ring (bicyclic) bond motifs is 6. The lowest BCUT2D eigenvalue weighted by molar-refractivity contribution is -0.142. The summed E-state index contributed by atoms with van der Waals surface area (Å²) in [4.78, 5) is 17.6. The number of nitrogens with zero attached hydrogens (tertiary/aromatic N) is 7. The summed E-state index contributed by atoms with van der Waals surface area (Å²) >= 11 is 0. The molecule has 0 amide bonds. The van der Waals surface area contributed by atoms with Crippen LogP contribution in [0.25, 0.3) is 88.9 Å². The number of halogens is 6. The van der Waals surface area contributed by atoms with Gasteiger partial charge in [-0.25, -0.2) is 19.9 Å². The average Bonchev–Trinajstić information content (AvgIpc) is 3.77. The lowest BCUT2D eigenvalue weighted by Crippen LogP contribution is -2.15. The molecule has 60 heavy (non-hydrogen) atoms. The molecule has 0 fully saturated rings. The van der Waals surface area contributed by atoms with Crippen LogP contribution < -0.4 is 0 Å². The second kappa shape index (κ2) is 13.6. The fourth-order valence-electron chi connectivity index (χ4n) is 8.19. The van der Waals surface area contributed by atoms with Crippen molar-refractivity contribution in [3.8, 4) is 51.3 Å². The van der Waals surface area contributed by atoms with Crippen LogP contribution in [0.2, 0.25) is 0 Å². The molecule has 290 valence electrons. The molecule has 0 spiro atoms. The van der Waals surface area contributed by atoms with Crippen LogP contribution in [0.15, 0.2) is 152 Å². The lowest BCUT2D eigenvalue weighted by Gasteiger charge is -2.22. The van der Waals surface area contributed by atoms with Gasteiger partial charge in [0.05, 0.1) is 44.6 Å². The smallest absolute Gasteiger partial charge is 0.308 e. The monoisotopic (exact) mass is 801 g/mol. The van der Waals surface area contributed by atoms with E-state index in [4.69, 9.17) is 0 Å². The van der Waals surface area contributed by atoms with Crippen LogP contribution in [0.4, 0.5) is 26.3 Å². The van der Waals surface area contributed by atoms with Gasteiger partial charge in [0.25, 0.3) is 0 Å². The Balaban J connectivity index is 1.40. The Kier molecular flexibility index (Phi) is 8.29. The third kappa shape index (κ3) is 5.83. The highest BCUT2D eigenvalue weighted by Crippen LogP contribution is 2.47. The summed E-state index contributed by atoms with van der Waals surface area (Å²) in [5.74, 6) is 0.784. The van der Waals surface area contributed by atoms with Crippen LogP contribution in [-0.2, 0) is 12.4 Å². The molecule has 0 radical (unpaired) electrons. The first kappa shape index (κ1) is 36.5. The molecule has 4 heterocycles. The molecular weight excluding hydrogens is 777 g/mol. The molecule has 7 nitrogen and oxygen atoms in total. The molecular formula is C47H25F6N7. The maximum absolute atomic E-state index is 15.0. The fraction of sp³-hybridized carbons (Fsp3) is 0.0426. The molecule has 10 aromatic rings. The molecule has 0 unspecified atom stereocenters. The molecule has 0 bridgehead atoms. The highest BCUT2D eigenvalue weighted by molar-refractivity contribution is 6.12. The van der Waals surface area contributed by atoms with Crippen LogP contribution >= 0.6 is 0 Å². The molecule has 0 saturated heterocycles. The van der Waals surface area contributed by atoms with Crippen molar-refractivity contribution in [1.82, 2.24) is 29.1 Å². The van der Waals surface area contributed by atoms with Gasteiger partial charge in [0.2, 0.25) is 0 Å². The Bertz CT molecular complexity index is 3150. The Hall–Kier alpha value is -7.85. The minimum atomic E-state index is -5.18. The van der Waals surface area contributed by atoms with Crippen molar-refractivity contribution < 1.29 is 26.3 Å². The molecule has 0 N–H and O–H groups in total. The second-order valence-electron chi connectivity index (χ2n) is 14.0. The van der Waals surface area contributed by atoms with E-state index >= 15 is 0 Å². The quantitative estimate of drug-likeness (QED) is 0.162. The molecule has 0 saturated carbocycles. The Morgan fingerprint density at radius 3 is 1.27 bits per heavy atom. The van der Waals surface area contributed by atoms with Crippen molar-refractivity contribution in [2.45, 2.75) is 12.4 Å². The van der Waals surface area contributed by atoms with Gasteiger partial charge in [0, 0.05) is 63.0 Å². The number of hydrogen-bond acceptors (Lipinski definition) is 5. The predicted octanol–water partition coefficient (Wildman–Crippen LogP) is 12.4. The third-order valence-electron chi connectivity index (χ3n) is 10.6. The number of aromatic nitrogens is 6. The SMILES string of the molecule is N#Cc1c(-n2c3ccccc3c3ccc(-c4ncccn4)cc32)cc(-c2c(C(F)(F)F)cccc2C(F)(F)F)cc1-n1c2ccccc2c2ccc(-c3ncccn3)cc21. The number of para-hydroxylation sites is 2. The molecule has 0 aliphatic carbocycles. The lowest BCUT2D eigenvalue weighted by atomic mass is 9.91. The zero-order chi connectivity index (χ0) is 41.3. The molecule has 0 aliphatic heterocycles. The van der Waals surface area contributed by atoms with E-state index in [0.717, 1.165) is 27.6 Å². The third-order valence-corrected chi connectivity index (χ3v) is 10.6. The summed E-state index contributed by atoms with van der Waals surface area (Å²) < 4.78 is 93.3. The van der Waals surface area contributed by atoms with Crippen LogP contribution in [0.5, 0.6) is 0 Å². The molecule has 13 heteroatoms. The zero-order valence-corrected chi connectivity index (χ0v) is 30.8. The first-order chi connectivity index (χ1) is 29.0. The number of nitriles is 1. The van der Waals surface area contributed by atoms with Gasteiger partial charge in [-0.3, -0.25) is 0 Å². The molecule has 10 rings (SSSR count). The molecule has 0 atom stereocenters. The number of hydrogen-bond donors (Lipinski definition) is 0. The average molecular weight is 802 g/mol. The summed E-state index contributed by atoms with van der Waals surface area (Å²) in [5.41, 5.74) is -0.961. The maximum atomic E-state index is 15.0. The van der Waals surface area contributed by atoms with E-state index in [1.54, 1.807) is 82.5 Å². The number of rotatable bonds is 5. The molecule has 6 aromatic carbocycles. The summed E-state index contributed by atoms with van der Waals surface area (Å²) in [6.45, 7) is 0. The van der Waals surface area contributed by atoms with Crippen molar-refractivity contribution in [3.63, 3.8) is 0 Å². The van der Waals surface area contributed by atoms with Gasteiger partial charge in [0.1, 0.15) is 11.6 Å². The van der Waals surface area contributed by atoms with Gasteiger partial charge < -0.3 is 9.13 Å². The maximum Gasteiger partial charge on any atom is 0.417 e. The van der Waals surface area contributed by atoms with Crippen LogP contribution in [0, 0.1) is 11.3 Å². The minimum Gasteiger partial charge on any atom is -0.308 e. The van der Waals surface area contributed by atoms with Crippen molar-refractivity contribution in [2.24, 2.45) is 0 Å². The first-order valence-electron chi connectivity index (χ1n) is 18.5. The van der Waals surface area contributed by atoms with E-state index in [1.807, 2.05) is 48.5 Å². The van der Waals surface area contributed by atoms with Crippen molar-refractivity contribution >= 4 is 43.6 Å². The second-order valence-corrected chi connectivity index (χ2v) is 14.0. The van der Waals surface area contributed by atoms with Gasteiger partial charge >= 0.3 is 12.4 Å². The van der Waals surface area contributed by atoms with Gasteiger partial charge in [-0.1, -0.05) is 66.7 Å². The summed E-state index contributed by atoms with van der Waals surface area (Å²) in [6.07, 6.45) is -4.02. The summed E-state index contributed by atoms with van der Waals surface area (Å²) in [5, 5.41) is 14.2. The van der Waals surface area contributed by atoms with Crippen LogP contribution in [0.1, 0.15) is 16.7 Å². The van der Waals surface area contributed by atoms with Crippen molar-refractivity contribution in [2.75, 3.05) is 0 Å². The van der Waals surface area contributed by atoms with Crippen molar-refractivity contribution in [3.05, 3.63) is 169 Å². The van der Waals surface area contributed by atoms with Gasteiger partial charge in [0.15, 0.2) is 11.6 Å². The van der Waals surface area contributed by atoms with Gasteiger partial charge in [-0.2, -0.15) is 31.6 Å². The largest absolute Gasteiger partial charge is 0.417 e. The van der Waals surface area contributed by atoms with E-state index in [2.05, 4.69) is 26.0 Å². The number of benzene rings is 6. The fourth-order valence-corrected chi connectivity index (χ4v) is 8.19. The van der Waals surface area contributed by atoms with E-state index in [0.29, 0.717) is 57.0 Å². The summed E-state index contributed by atoms with van der Waals surface area (Å²) in [7, 11) is 0. The summed E-state index contributed by atoms with van der Waals surface area (Å²) in [6, 6.07) is 35.7.